The van der Waals surface area contributed by atoms with Crippen molar-refractivity contribution in [3.05, 3.63) is 84.3 Å². The number of nitrogens with zero attached hydrogens (tertiary/aromatic N) is 3. The van der Waals surface area contributed by atoms with E-state index in [1.54, 1.807) is 16.6 Å². The first kappa shape index (κ1) is 18.5. The summed E-state index contributed by atoms with van der Waals surface area (Å²) in [7, 11) is 0. The van der Waals surface area contributed by atoms with Gasteiger partial charge in [0.05, 0.1) is 24.4 Å². The van der Waals surface area contributed by atoms with Crippen LogP contribution in [0.3, 0.4) is 0 Å². The zero-order valence-electron chi connectivity index (χ0n) is 16.3. The van der Waals surface area contributed by atoms with Crippen molar-refractivity contribution in [3.8, 4) is 22.4 Å². The van der Waals surface area contributed by atoms with Gasteiger partial charge in [-0.2, -0.15) is 5.10 Å². The second-order valence-corrected chi connectivity index (χ2v) is 7.31. The van der Waals surface area contributed by atoms with E-state index in [0.717, 1.165) is 27.9 Å². The number of pyridine rings is 1. The summed E-state index contributed by atoms with van der Waals surface area (Å²) in [5.41, 5.74) is 5.22. The van der Waals surface area contributed by atoms with E-state index < -0.39 is 0 Å². The summed E-state index contributed by atoms with van der Waals surface area (Å²) in [6.07, 6.45) is 1.90. The molecular formula is C24H20FN3O2. The highest BCUT2D eigenvalue weighted by Crippen LogP contribution is 2.26. The Kier molecular flexibility index (Phi) is 4.77. The molecule has 0 aliphatic carbocycles. The van der Waals surface area contributed by atoms with Crippen LogP contribution < -0.4 is 0 Å². The summed E-state index contributed by atoms with van der Waals surface area (Å²) in [5.74, 6) is -0.236. The first-order valence-electron chi connectivity index (χ1n) is 9.90. The van der Waals surface area contributed by atoms with Crippen molar-refractivity contribution in [1.29, 1.82) is 0 Å². The van der Waals surface area contributed by atoms with Crippen LogP contribution in [0.1, 0.15) is 10.4 Å². The molecule has 6 heteroatoms. The summed E-state index contributed by atoms with van der Waals surface area (Å²) in [4.78, 5) is 14.6. The van der Waals surface area contributed by atoms with Crippen molar-refractivity contribution in [2.45, 2.75) is 0 Å². The Bertz CT molecular complexity index is 1210. The molecular weight excluding hydrogens is 381 g/mol. The molecule has 3 heterocycles. The summed E-state index contributed by atoms with van der Waals surface area (Å²) < 4.78 is 20.3. The first-order valence-corrected chi connectivity index (χ1v) is 9.90. The molecule has 5 nitrogen and oxygen atoms in total. The van der Waals surface area contributed by atoms with Crippen molar-refractivity contribution < 1.29 is 13.9 Å². The second-order valence-electron chi connectivity index (χ2n) is 7.31. The molecule has 1 amide bonds. The Balaban J connectivity index is 1.46. The number of hydrogen-bond acceptors (Lipinski definition) is 3. The highest BCUT2D eigenvalue weighted by atomic mass is 19.1. The minimum Gasteiger partial charge on any atom is -0.378 e. The molecule has 0 atom stereocenters. The highest BCUT2D eigenvalue weighted by molar-refractivity contribution is 5.95. The fraction of sp³-hybridized carbons (Fsp3) is 0.167. The highest BCUT2D eigenvalue weighted by Gasteiger charge is 2.18. The lowest BCUT2D eigenvalue weighted by Crippen LogP contribution is -2.40. The van der Waals surface area contributed by atoms with Gasteiger partial charge in [-0.05, 0) is 65.7 Å². The molecule has 1 aliphatic heterocycles. The van der Waals surface area contributed by atoms with Gasteiger partial charge in [0.1, 0.15) is 5.82 Å². The van der Waals surface area contributed by atoms with E-state index in [-0.39, 0.29) is 11.7 Å². The van der Waals surface area contributed by atoms with Gasteiger partial charge in [0.2, 0.25) is 0 Å². The topological polar surface area (TPSA) is 46.8 Å². The predicted molar refractivity (Wildman–Crippen MR) is 113 cm³/mol. The van der Waals surface area contributed by atoms with E-state index in [1.807, 2.05) is 53.6 Å². The third kappa shape index (κ3) is 3.57. The molecule has 1 saturated heterocycles. The van der Waals surface area contributed by atoms with E-state index >= 15 is 0 Å². The van der Waals surface area contributed by atoms with Crippen LogP contribution in [-0.4, -0.2) is 46.7 Å². The van der Waals surface area contributed by atoms with Crippen molar-refractivity contribution in [2.24, 2.45) is 0 Å². The number of morpholine rings is 1. The van der Waals surface area contributed by atoms with Crippen molar-refractivity contribution in [3.63, 3.8) is 0 Å². The largest absolute Gasteiger partial charge is 0.378 e. The van der Waals surface area contributed by atoms with Crippen LogP contribution in [0, 0.1) is 5.82 Å². The summed E-state index contributed by atoms with van der Waals surface area (Å²) in [6.45, 7) is 2.41. The van der Waals surface area contributed by atoms with Gasteiger partial charge < -0.3 is 9.64 Å². The Morgan fingerprint density at radius 3 is 2.47 bits per heavy atom. The monoisotopic (exact) mass is 401 g/mol. The number of benzene rings is 2. The van der Waals surface area contributed by atoms with Crippen LogP contribution in [0.15, 0.2) is 72.9 Å². The van der Waals surface area contributed by atoms with E-state index in [2.05, 4.69) is 5.10 Å². The number of fused-ring (bicyclic) bond motifs is 1. The average Bonchev–Trinajstić information content (AvgIpc) is 3.23. The number of aromatic nitrogens is 2. The number of hydrogen-bond donors (Lipinski definition) is 0. The Hall–Kier alpha value is -3.51. The number of amides is 1. The third-order valence-electron chi connectivity index (χ3n) is 5.34. The lowest BCUT2D eigenvalue weighted by molar-refractivity contribution is 0.0303. The molecule has 5 rings (SSSR count). The van der Waals surface area contributed by atoms with E-state index in [0.29, 0.717) is 31.9 Å². The minimum absolute atomic E-state index is 0.0316. The van der Waals surface area contributed by atoms with Crippen molar-refractivity contribution >= 4 is 11.4 Å². The maximum Gasteiger partial charge on any atom is 0.254 e. The Morgan fingerprint density at radius 2 is 1.67 bits per heavy atom. The van der Waals surface area contributed by atoms with Gasteiger partial charge in [0.15, 0.2) is 0 Å². The Morgan fingerprint density at radius 1 is 0.900 bits per heavy atom. The van der Waals surface area contributed by atoms with Gasteiger partial charge in [-0.1, -0.05) is 12.1 Å². The lowest BCUT2D eigenvalue weighted by atomic mass is 10.0. The normalized spacial score (nSPS) is 14.2. The molecule has 1 aliphatic rings. The summed E-state index contributed by atoms with van der Waals surface area (Å²) in [5, 5.41) is 4.58. The quantitative estimate of drug-likeness (QED) is 0.515. The summed E-state index contributed by atoms with van der Waals surface area (Å²) >= 11 is 0. The van der Waals surface area contributed by atoms with Gasteiger partial charge in [0, 0.05) is 30.4 Å². The maximum absolute atomic E-state index is 13.2. The van der Waals surface area contributed by atoms with Crippen molar-refractivity contribution in [1.82, 2.24) is 14.5 Å². The fourth-order valence-electron chi connectivity index (χ4n) is 3.72. The number of halogens is 1. The fourth-order valence-corrected chi connectivity index (χ4v) is 3.72. The molecule has 0 spiro atoms. The van der Waals surface area contributed by atoms with Crippen molar-refractivity contribution in [2.75, 3.05) is 26.3 Å². The van der Waals surface area contributed by atoms with Crippen LogP contribution in [0.2, 0.25) is 0 Å². The van der Waals surface area contributed by atoms with Gasteiger partial charge in [-0.25, -0.2) is 8.91 Å². The van der Waals surface area contributed by atoms with Gasteiger partial charge in [-0.15, -0.1) is 0 Å². The molecule has 4 aromatic rings. The smallest absolute Gasteiger partial charge is 0.254 e. The van der Waals surface area contributed by atoms with Gasteiger partial charge in [-0.3, -0.25) is 4.79 Å². The number of rotatable bonds is 3. The third-order valence-corrected chi connectivity index (χ3v) is 5.34. The lowest BCUT2D eigenvalue weighted by Gasteiger charge is -2.27. The van der Waals surface area contributed by atoms with Crippen LogP contribution in [0.25, 0.3) is 27.9 Å². The van der Waals surface area contributed by atoms with E-state index in [4.69, 9.17) is 4.74 Å². The molecule has 2 aromatic carbocycles. The van der Waals surface area contributed by atoms with Crippen LogP contribution in [0.4, 0.5) is 4.39 Å². The molecule has 0 saturated carbocycles. The van der Waals surface area contributed by atoms with Crippen LogP contribution >= 0.6 is 0 Å². The molecule has 2 aromatic heterocycles. The first-order chi connectivity index (χ1) is 14.7. The van der Waals surface area contributed by atoms with Gasteiger partial charge >= 0.3 is 0 Å². The zero-order valence-corrected chi connectivity index (χ0v) is 16.3. The van der Waals surface area contributed by atoms with Gasteiger partial charge in [0.25, 0.3) is 5.91 Å². The minimum atomic E-state index is -0.267. The summed E-state index contributed by atoms with van der Waals surface area (Å²) in [6, 6.07) is 20.0. The molecule has 30 heavy (non-hydrogen) atoms. The maximum atomic E-state index is 13.2. The molecule has 0 radical (unpaired) electrons. The standard InChI is InChI=1S/C24H20FN3O2/c25-21-6-4-17(5-7-21)23-16-22-15-19(8-9-28(22)26-23)18-2-1-3-20(14-18)24(29)27-10-12-30-13-11-27/h1-9,14-16H,10-13H2. The molecule has 0 N–H and O–H groups in total. The predicted octanol–water partition coefficient (Wildman–Crippen LogP) is 4.28. The number of ether oxygens (including phenoxy) is 1. The SMILES string of the molecule is O=C(c1cccc(-c2ccn3nc(-c4ccc(F)cc4)cc3c2)c1)N1CCOCC1. The molecule has 0 bridgehead atoms. The number of carbonyl (C=O) groups excluding carboxylic acids is 1. The molecule has 150 valence electrons. The average molecular weight is 401 g/mol. The number of carbonyl (C=O) groups is 1. The second kappa shape index (κ2) is 7.72. The molecule has 1 fully saturated rings. The van der Waals surface area contributed by atoms with Crippen LogP contribution in [-0.2, 0) is 4.74 Å². The van der Waals surface area contributed by atoms with E-state index in [1.165, 1.54) is 12.1 Å². The molecule has 0 unspecified atom stereocenters. The Labute approximate surface area is 173 Å². The van der Waals surface area contributed by atoms with E-state index in [9.17, 15) is 9.18 Å². The zero-order chi connectivity index (χ0) is 20.5. The van der Waals surface area contributed by atoms with Crippen LogP contribution in [0.5, 0.6) is 0 Å².